The molecule has 0 spiro atoms. The van der Waals surface area contributed by atoms with Crippen LogP contribution in [0.1, 0.15) is 25.3 Å². The molecule has 1 aromatic rings. The van der Waals surface area contributed by atoms with E-state index < -0.39 is 6.04 Å². The maximum Gasteiger partial charge on any atom is 0.237 e. The summed E-state index contributed by atoms with van der Waals surface area (Å²) in [5.74, 6) is -0.674. The molecule has 0 unspecified atom stereocenters. The van der Waals surface area contributed by atoms with Crippen LogP contribution in [0.5, 0.6) is 11.5 Å². The van der Waals surface area contributed by atoms with Gasteiger partial charge in [-0.1, -0.05) is 19.4 Å². The first-order chi connectivity index (χ1) is 10.0. The minimum atomic E-state index is -0.704. The van der Waals surface area contributed by atoms with Gasteiger partial charge in [0.05, 0.1) is 12.6 Å². The van der Waals surface area contributed by atoms with Gasteiger partial charge >= 0.3 is 0 Å². The normalized spacial score (nSPS) is 12.1. The third-order valence-electron chi connectivity index (χ3n) is 3.02. The molecule has 0 bridgehead atoms. The lowest BCUT2D eigenvalue weighted by Crippen LogP contribution is -2.43. The Hall–Kier alpha value is -1.79. The van der Waals surface area contributed by atoms with Crippen molar-refractivity contribution in [2.75, 3.05) is 19.8 Å². The van der Waals surface area contributed by atoms with Crippen molar-refractivity contribution in [2.45, 2.75) is 32.2 Å². The van der Waals surface area contributed by atoms with Gasteiger partial charge in [-0.2, -0.15) is 0 Å². The molecule has 1 aromatic carbocycles. The highest BCUT2D eigenvalue weighted by molar-refractivity contribution is 5.81. The Labute approximate surface area is 124 Å². The monoisotopic (exact) mass is 296 g/mol. The van der Waals surface area contributed by atoms with E-state index in [1.807, 2.05) is 0 Å². The summed E-state index contributed by atoms with van der Waals surface area (Å²) in [6.45, 7) is 3.69. The number of aromatic hydroxyl groups is 2. The quantitative estimate of drug-likeness (QED) is 0.400. The fraction of sp³-hybridized carbons (Fsp3) is 0.533. The topological polar surface area (TPSA) is 105 Å². The molecule has 118 valence electrons. The number of phenols is 2. The maximum absolute atomic E-state index is 11.8. The van der Waals surface area contributed by atoms with E-state index in [1.54, 1.807) is 6.07 Å². The van der Waals surface area contributed by atoms with Crippen molar-refractivity contribution >= 4 is 5.91 Å². The minimum absolute atomic E-state index is 0.194. The Morgan fingerprint density at radius 2 is 2.10 bits per heavy atom. The predicted octanol–water partition coefficient (Wildman–Crippen LogP) is 0.900. The first kappa shape index (κ1) is 17.3. The van der Waals surface area contributed by atoms with E-state index >= 15 is 0 Å². The second-order valence-corrected chi connectivity index (χ2v) is 4.89. The van der Waals surface area contributed by atoms with Crippen LogP contribution in [0.15, 0.2) is 18.2 Å². The van der Waals surface area contributed by atoms with Crippen LogP contribution in [0.4, 0.5) is 0 Å². The van der Waals surface area contributed by atoms with Gasteiger partial charge in [-0.05, 0) is 30.5 Å². The number of carbonyl (C=O) groups excluding carboxylic acids is 1. The van der Waals surface area contributed by atoms with Gasteiger partial charge < -0.3 is 26.0 Å². The fourth-order valence-corrected chi connectivity index (χ4v) is 1.77. The van der Waals surface area contributed by atoms with Crippen molar-refractivity contribution in [1.29, 1.82) is 0 Å². The zero-order chi connectivity index (χ0) is 15.7. The smallest absolute Gasteiger partial charge is 0.237 e. The predicted molar refractivity (Wildman–Crippen MR) is 80.2 cm³/mol. The number of ether oxygens (including phenoxy) is 1. The molecule has 21 heavy (non-hydrogen) atoms. The first-order valence-electron chi connectivity index (χ1n) is 7.16. The number of amides is 1. The maximum atomic E-state index is 11.8. The number of carbonyl (C=O) groups is 1. The lowest BCUT2D eigenvalue weighted by molar-refractivity contribution is -0.122. The van der Waals surface area contributed by atoms with Crippen molar-refractivity contribution in [2.24, 2.45) is 5.73 Å². The van der Waals surface area contributed by atoms with Crippen LogP contribution < -0.4 is 11.1 Å². The van der Waals surface area contributed by atoms with Crippen molar-refractivity contribution < 1.29 is 19.7 Å². The lowest BCUT2D eigenvalue weighted by atomic mass is 10.1. The molecule has 1 amide bonds. The molecule has 6 nitrogen and oxygen atoms in total. The molecule has 0 saturated heterocycles. The molecule has 0 radical (unpaired) electrons. The largest absolute Gasteiger partial charge is 0.504 e. The van der Waals surface area contributed by atoms with E-state index in [1.165, 1.54) is 12.1 Å². The van der Waals surface area contributed by atoms with Crippen molar-refractivity contribution in [3.63, 3.8) is 0 Å². The van der Waals surface area contributed by atoms with E-state index in [9.17, 15) is 15.0 Å². The second kappa shape index (κ2) is 9.20. The van der Waals surface area contributed by atoms with Gasteiger partial charge in [-0.3, -0.25) is 4.79 Å². The summed E-state index contributed by atoms with van der Waals surface area (Å²) in [7, 11) is 0. The molecule has 0 fully saturated rings. The van der Waals surface area contributed by atoms with Gasteiger partial charge in [0.1, 0.15) is 0 Å². The SMILES string of the molecule is CCCCOCCNC(=O)[C@@H](N)Cc1ccc(O)c(O)c1. The van der Waals surface area contributed by atoms with Crippen LogP contribution in [0.2, 0.25) is 0 Å². The number of hydrogen-bond donors (Lipinski definition) is 4. The Morgan fingerprint density at radius 3 is 2.76 bits per heavy atom. The average Bonchev–Trinajstić information content (AvgIpc) is 2.46. The molecule has 1 atom stereocenters. The molecule has 0 aliphatic rings. The first-order valence-corrected chi connectivity index (χ1v) is 7.16. The summed E-state index contributed by atoms with van der Waals surface area (Å²) in [6.07, 6.45) is 2.38. The number of nitrogens with two attached hydrogens (primary N) is 1. The number of benzene rings is 1. The van der Waals surface area contributed by atoms with Crippen LogP contribution in [-0.4, -0.2) is 41.9 Å². The number of unbranched alkanes of at least 4 members (excludes halogenated alkanes) is 1. The highest BCUT2D eigenvalue weighted by atomic mass is 16.5. The Morgan fingerprint density at radius 1 is 1.33 bits per heavy atom. The highest BCUT2D eigenvalue weighted by Crippen LogP contribution is 2.25. The second-order valence-electron chi connectivity index (χ2n) is 4.89. The Balaban J connectivity index is 2.29. The Kier molecular flexibility index (Phi) is 7.56. The van der Waals surface area contributed by atoms with Gasteiger partial charge in [0.2, 0.25) is 5.91 Å². The minimum Gasteiger partial charge on any atom is -0.504 e. The summed E-state index contributed by atoms with van der Waals surface area (Å²) in [5, 5.41) is 21.3. The van der Waals surface area contributed by atoms with Crippen molar-refractivity contribution in [1.82, 2.24) is 5.32 Å². The van der Waals surface area contributed by atoms with E-state index in [4.69, 9.17) is 10.5 Å². The Bertz CT molecular complexity index is 451. The molecule has 0 heterocycles. The van der Waals surface area contributed by atoms with E-state index in [-0.39, 0.29) is 23.8 Å². The van der Waals surface area contributed by atoms with Crippen molar-refractivity contribution in [3.05, 3.63) is 23.8 Å². The molecular formula is C15H24N2O4. The number of rotatable bonds is 9. The van der Waals surface area contributed by atoms with Gasteiger partial charge in [-0.15, -0.1) is 0 Å². The summed E-state index contributed by atoms with van der Waals surface area (Å²) >= 11 is 0. The van der Waals surface area contributed by atoms with E-state index in [2.05, 4.69) is 12.2 Å². The zero-order valence-corrected chi connectivity index (χ0v) is 12.3. The third kappa shape index (κ3) is 6.46. The van der Waals surface area contributed by atoms with Gasteiger partial charge in [0, 0.05) is 13.2 Å². The fourth-order valence-electron chi connectivity index (χ4n) is 1.77. The van der Waals surface area contributed by atoms with E-state index in [0.29, 0.717) is 25.3 Å². The van der Waals surface area contributed by atoms with Gasteiger partial charge in [0.25, 0.3) is 0 Å². The molecule has 0 aliphatic carbocycles. The molecule has 5 N–H and O–H groups in total. The molecule has 0 aromatic heterocycles. The number of hydrogen-bond acceptors (Lipinski definition) is 5. The van der Waals surface area contributed by atoms with Crippen LogP contribution in [0.3, 0.4) is 0 Å². The van der Waals surface area contributed by atoms with Crippen LogP contribution in [0.25, 0.3) is 0 Å². The average molecular weight is 296 g/mol. The summed E-state index contributed by atoms with van der Waals surface area (Å²) in [4.78, 5) is 11.8. The molecule has 6 heteroatoms. The van der Waals surface area contributed by atoms with Crippen molar-refractivity contribution in [3.8, 4) is 11.5 Å². The van der Waals surface area contributed by atoms with Crippen LogP contribution in [-0.2, 0) is 16.0 Å². The number of phenolic OH excluding ortho intramolecular Hbond substituents is 2. The summed E-state index contributed by atoms with van der Waals surface area (Å²) < 4.78 is 5.33. The highest BCUT2D eigenvalue weighted by Gasteiger charge is 2.14. The molecule has 1 rings (SSSR count). The van der Waals surface area contributed by atoms with E-state index in [0.717, 1.165) is 12.8 Å². The standard InChI is InChI=1S/C15H24N2O4/c1-2-3-7-21-8-6-17-15(20)12(16)9-11-4-5-13(18)14(19)10-11/h4-5,10,12,18-19H,2-3,6-9,16H2,1H3,(H,17,20)/t12-/m0/s1. The van der Waals surface area contributed by atoms with Gasteiger partial charge in [0.15, 0.2) is 11.5 Å². The van der Waals surface area contributed by atoms with Crippen LogP contribution in [0, 0.1) is 0 Å². The summed E-state index contributed by atoms with van der Waals surface area (Å²) in [5.41, 5.74) is 6.49. The molecule has 0 saturated carbocycles. The third-order valence-corrected chi connectivity index (χ3v) is 3.02. The molecular weight excluding hydrogens is 272 g/mol. The molecule has 0 aliphatic heterocycles. The van der Waals surface area contributed by atoms with Crippen LogP contribution >= 0.6 is 0 Å². The van der Waals surface area contributed by atoms with Gasteiger partial charge in [-0.25, -0.2) is 0 Å². The lowest BCUT2D eigenvalue weighted by Gasteiger charge is -2.13. The summed E-state index contributed by atoms with van der Waals surface area (Å²) in [6, 6.07) is 3.69. The number of nitrogens with one attached hydrogen (secondary N) is 1. The zero-order valence-electron chi connectivity index (χ0n) is 12.3.